The van der Waals surface area contributed by atoms with Gasteiger partial charge in [0.2, 0.25) is 11.8 Å². The molecule has 7 nitrogen and oxygen atoms in total. The summed E-state index contributed by atoms with van der Waals surface area (Å²) in [6.45, 7) is 3.87. The van der Waals surface area contributed by atoms with Gasteiger partial charge in [0.25, 0.3) is 11.1 Å². The number of amides is 4. The maximum Gasteiger partial charge on any atom is 0.289 e. The number of nitrogens with zero attached hydrogens (tertiary/aromatic N) is 1. The lowest BCUT2D eigenvalue weighted by atomic mass is 10.0. The molecule has 1 aliphatic rings. The molecular formula is C22H22ClN3O4S. The summed E-state index contributed by atoms with van der Waals surface area (Å²) in [6, 6.07) is 12.7. The normalized spacial score (nSPS) is 14.6. The van der Waals surface area contributed by atoms with E-state index in [0.717, 1.165) is 17.3 Å². The zero-order valence-electron chi connectivity index (χ0n) is 17.1. The third kappa shape index (κ3) is 5.65. The molecule has 31 heavy (non-hydrogen) atoms. The van der Waals surface area contributed by atoms with Gasteiger partial charge in [-0.2, -0.15) is 0 Å². The number of nitrogens with one attached hydrogen (secondary N) is 2. The average molecular weight is 460 g/mol. The van der Waals surface area contributed by atoms with Crippen molar-refractivity contribution in [1.82, 2.24) is 10.2 Å². The quantitative estimate of drug-likeness (QED) is 0.654. The van der Waals surface area contributed by atoms with Crippen LogP contribution in [-0.4, -0.2) is 39.7 Å². The number of hydrogen-bond donors (Lipinski definition) is 2. The van der Waals surface area contributed by atoms with E-state index < -0.39 is 11.9 Å². The Balaban J connectivity index is 1.64. The number of thioether (sulfide) groups is 1. The summed E-state index contributed by atoms with van der Waals surface area (Å²) in [5, 5.41) is 5.60. The monoisotopic (exact) mass is 459 g/mol. The third-order valence-corrected chi connectivity index (χ3v) is 5.95. The predicted octanol–water partition coefficient (Wildman–Crippen LogP) is 3.93. The Kier molecular flexibility index (Phi) is 7.35. The van der Waals surface area contributed by atoms with Crippen LogP contribution in [0.3, 0.4) is 0 Å². The molecule has 3 rings (SSSR count). The van der Waals surface area contributed by atoms with Gasteiger partial charge in [-0.3, -0.25) is 24.1 Å². The molecule has 1 fully saturated rings. The maximum absolute atomic E-state index is 12.8. The van der Waals surface area contributed by atoms with Gasteiger partial charge in [-0.15, -0.1) is 0 Å². The van der Waals surface area contributed by atoms with Crippen LogP contribution in [0.25, 0.3) is 0 Å². The Bertz CT molecular complexity index is 994. The summed E-state index contributed by atoms with van der Waals surface area (Å²) in [6.07, 6.45) is 0. The van der Waals surface area contributed by atoms with E-state index in [9.17, 15) is 19.2 Å². The van der Waals surface area contributed by atoms with Gasteiger partial charge in [0.05, 0.1) is 22.9 Å². The maximum atomic E-state index is 12.8. The first kappa shape index (κ1) is 22.8. The molecule has 0 aliphatic carbocycles. The van der Waals surface area contributed by atoms with Gasteiger partial charge in [0.15, 0.2) is 0 Å². The fourth-order valence-electron chi connectivity index (χ4n) is 3.03. The number of hydrogen-bond acceptors (Lipinski definition) is 5. The van der Waals surface area contributed by atoms with Crippen molar-refractivity contribution in [3.63, 3.8) is 0 Å². The van der Waals surface area contributed by atoms with E-state index in [0.29, 0.717) is 16.3 Å². The van der Waals surface area contributed by atoms with Crippen LogP contribution in [0.4, 0.5) is 10.5 Å². The van der Waals surface area contributed by atoms with E-state index >= 15 is 0 Å². The minimum Gasteiger partial charge on any atom is -0.340 e. The molecule has 0 aromatic heterocycles. The van der Waals surface area contributed by atoms with E-state index in [1.807, 2.05) is 13.8 Å². The van der Waals surface area contributed by atoms with Crippen LogP contribution in [0, 0.1) is 5.92 Å². The second-order valence-electron chi connectivity index (χ2n) is 7.40. The smallest absolute Gasteiger partial charge is 0.289 e. The second kappa shape index (κ2) is 9.98. The highest BCUT2D eigenvalue weighted by atomic mass is 35.5. The summed E-state index contributed by atoms with van der Waals surface area (Å²) in [7, 11) is 0. The summed E-state index contributed by atoms with van der Waals surface area (Å²) in [5.41, 5.74) is 1.62. The van der Waals surface area contributed by atoms with E-state index in [2.05, 4.69) is 10.6 Å². The Morgan fingerprint density at radius 3 is 2.35 bits per heavy atom. The lowest BCUT2D eigenvalue weighted by Crippen LogP contribution is -2.47. The molecule has 1 aliphatic heterocycles. The van der Waals surface area contributed by atoms with Crippen molar-refractivity contribution in [1.29, 1.82) is 0 Å². The zero-order chi connectivity index (χ0) is 22.5. The zero-order valence-corrected chi connectivity index (χ0v) is 18.6. The van der Waals surface area contributed by atoms with Crippen LogP contribution in [0.1, 0.15) is 29.8 Å². The molecule has 162 valence electrons. The summed E-state index contributed by atoms with van der Waals surface area (Å²) in [5.74, 6) is -0.974. The van der Waals surface area contributed by atoms with Crippen molar-refractivity contribution < 1.29 is 19.2 Å². The van der Waals surface area contributed by atoms with Gasteiger partial charge in [-0.25, -0.2) is 0 Å². The van der Waals surface area contributed by atoms with Gasteiger partial charge in [0.1, 0.15) is 6.04 Å². The van der Waals surface area contributed by atoms with Gasteiger partial charge >= 0.3 is 0 Å². The molecule has 1 heterocycles. The van der Waals surface area contributed by atoms with E-state index in [-0.39, 0.29) is 35.3 Å². The predicted molar refractivity (Wildman–Crippen MR) is 121 cm³/mol. The fraction of sp³-hybridized carbons (Fsp3) is 0.273. The van der Waals surface area contributed by atoms with Crippen molar-refractivity contribution in [2.45, 2.75) is 26.4 Å². The third-order valence-electron chi connectivity index (χ3n) is 4.76. The minimum absolute atomic E-state index is 0.157. The SMILES string of the molecule is CC(C)C(NC(=O)c1ccccc1Cl)C(=O)Nc1ccc(CN2C(=O)CSC2=O)cc1. The minimum atomic E-state index is -0.764. The Morgan fingerprint density at radius 1 is 1.10 bits per heavy atom. The molecule has 0 bridgehead atoms. The first-order valence-electron chi connectivity index (χ1n) is 9.68. The molecule has 0 spiro atoms. The van der Waals surface area contributed by atoms with Gasteiger partial charge in [-0.1, -0.05) is 61.5 Å². The summed E-state index contributed by atoms with van der Waals surface area (Å²) in [4.78, 5) is 50.0. The van der Waals surface area contributed by atoms with Crippen LogP contribution in [0.5, 0.6) is 0 Å². The average Bonchev–Trinajstić information content (AvgIpc) is 3.05. The van der Waals surface area contributed by atoms with Crippen LogP contribution in [0.2, 0.25) is 5.02 Å². The lowest BCUT2D eigenvalue weighted by molar-refractivity contribution is -0.125. The Hall–Kier alpha value is -2.84. The van der Waals surface area contributed by atoms with Crippen LogP contribution in [-0.2, 0) is 16.1 Å². The fourth-order valence-corrected chi connectivity index (χ4v) is 3.98. The summed E-state index contributed by atoms with van der Waals surface area (Å²) < 4.78 is 0. The second-order valence-corrected chi connectivity index (χ2v) is 8.73. The standard InChI is InChI=1S/C22H22ClN3O4S/c1-13(2)19(25-20(28)16-5-3-4-6-17(16)23)21(29)24-15-9-7-14(8-10-15)11-26-18(27)12-31-22(26)30/h3-10,13,19H,11-12H2,1-2H3,(H,24,29)(H,25,28). The van der Waals surface area contributed by atoms with E-state index in [4.69, 9.17) is 11.6 Å². The lowest BCUT2D eigenvalue weighted by Gasteiger charge is -2.22. The molecule has 2 aromatic carbocycles. The summed E-state index contributed by atoms with van der Waals surface area (Å²) >= 11 is 7.07. The first-order chi connectivity index (χ1) is 14.8. The van der Waals surface area contributed by atoms with Gasteiger partial charge in [-0.05, 0) is 35.7 Å². The van der Waals surface area contributed by atoms with Crippen LogP contribution >= 0.6 is 23.4 Å². The van der Waals surface area contributed by atoms with Crippen molar-refractivity contribution >= 4 is 52.0 Å². The number of halogens is 1. The molecule has 1 saturated heterocycles. The van der Waals surface area contributed by atoms with Crippen molar-refractivity contribution in [3.05, 3.63) is 64.7 Å². The van der Waals surface area contributed by atoms with Crippen molar-refractivity contribution in [3.8, 4) is 0 Å². The molecule has 0 saturated carbocycles. The molecule has 1 unspecified atom stereocenters. The van der Waals surface area contributed by atoms with Crippen molar-refractivity contribution in [2.75, 3.05) is 11.1 Å². The number of rotatable bonds is 7. The van der Waals surface area contributed by atoms with Crippen molar-refractivity contribution in [2.24, 2.45) is 5.92 Å². The van der Waals surface area contributed by atoms with Crippen LogP contribution < -0.4 is 10.6 Å². The number of imide groups is 1. The molecule has 4 amide bonds. The Morgan fingerprint density at radius 2 is 1.77 bits per heavy atom. The highest BCUT2D eigenvalue weighted by molar-refractivity contribution is 8.14. The number of carbonyl (C=O) groups is 4. The molecule has 0 radical (unpaired) electrons. The molecule has 1 atom stereocenters. The van der Waals surface area contributed by atoms with Gasteiger partial charge < -0.3 is 10.6 Å². The first-order valence-corrected chi connectivity index (χ1v) is 11.0. The number of anilines is 1. The molecule has 2 N–H and O–H groups in total. The molecule has 9 heteroatoms. The highest BCUT2D eigenvalue weighted by Crippen LogP contribution is 2.22. The largest absolute Gasteiger partial charge is 0.340 e. The Labute approximate surface area is 189 Å². The van der Waals surface area contributed by atoms with E-state index in [1.165, 1.54) is 4.90 Å². The highest BCUT2D eigenvalue weighted by Gasteiger charge is 2.30. The molecule has 2 aromatic rings. The molecular weight excluding hydrogens is 438 g/mol. The van der Waals surface area contributed by atoms with E-state index in [1.54, 1.807) is 48.5 Å². The van der Waals surface area contributed by atoms with Crippen LogP contribution in [0.15, 0.2) is 48.5 Å². The number of benzene rings is 2. The topological polar surface area (TPSA) is 95.6 Å². The van der Waals surface area contributed by atoms with Gasteiger partial charge in [0, 0.05) is 5.69 Å². The number of carbonyl (C=O) groups excluding carboxylic acids is 4.